The molecule has 3 aromatic carbocycles. The van der Waals surface area contributed by atoms with Gasteiger partial charge in [-0.2, -0.15) is 0 Å². The van der Waals surface area contributed by atoms with Crippen LogP contribution in [0, 0.1) is 0 Å². The summed E-state index contributed by atoms with van der Waals surface area (Å²) in [7, 11) is 0. The molecule has 0 aromatic heterocycles. The summed E-state index contributed by atoms with van der Waals surface area (Å²) in [5.74, 6) is 0. The van der Waals surface area contributed by atoms with E-state index in [2.05, 4.69) is 30.3 Å². The second kappa shape index (κ2) is 5.25. The highest BCUT2D eigenvalue weighted by Gasteiger charge is 2.08. The van der Waals surface area contributed by atoms with Crippen molar-refractivity contribution in [1.29, 1.82) is 0 Å². The van der Waals surface area contributed by atoms with E-state index >= 15 is 0 Å². The summed E-state index contributed by atoms with van der Waals surface area (Å²) in [5.41, 5.74) is 2.13. The molecule has 0 spiro atoms. The lowest BCUT2D eigenvalue weighted by atomic mass is 9.99. The van der Waals surface area contributed by atoms with E-state index in [0.29, 0.717) is 6.42 Å². The number of benzene rings is 3. The Labute approximate surface area is 113 Å². The molecule has 0 saturated carbocycles. The Morgan fingerprint density at radius 1 is 0.737 bits per heavy atom. The zero-order chi connectivity index (χ0) is 13.1. The van der Waals surface area contributed by atoms with Gasteiger partial charge in [0.25, 0.3) is 0 Å². The second-order valence-electron chi connectivity index (χ2n) is 4.81. The van der Waals surface area contributed by atoms with Crippen molar-refractivity contribution in [3.05, 3.63) is 83.9 Å². The molecule has 0 aliphatic rings. The van der Waals surface area contributed by atoms with Crippen LogP contribution in [-0.4, -0.2) is 5.11 Å². The summed E-state index contributed by atoms with van der Waals surface area (Å²) >= 11 is 0. The fraction of sp³-hybridized carbons (Fsp3) is 0.111. The first-order valence-electron chi connectivity index (χ1n) is 6.53. The van der Waals surface area contributed by atoms with Gasteiger partial charge in [0, 0.05) is 6.42 Å². The largest absolute Gasteiger partial charge is 0.388 e. The van der Waals surface area contributed by atoms with Gasteiger partial charge in [-0.25, -0.2) is 0 Å². The van der Waals surface area contributed by atoms with Crippen LogP contribution in [0.2, 0.25) is 0 Å². The van der Waals surface area contributed by atoms with E-state index in [9.17, 15) is 5.11 Å². The molecule has 0 aliphatic carbocycles. The van der Waals surface area contributed by atoms with Crippen LogP contribution >= 0.6 is 0 Å². The monoisotopic (exact) mass is 248 g/mol. The quantitative estimate of drug-likeness (QED) is 0.739. The van der Waals surface area contributed by atoms with Gasteiger partial charge in [-0.3, -0.25) is 0 Å². The molecule has 0 bridgehead atoms. The first-order chi connectivity index (χ1) is 9.33. The Balaban J connectivity index is 1.85. The fourth-order valence-electron chi connectivity index (χ4n) is 2.38. The molecule has 0 saturated heterocycles. The first kappa shape index (κ1) is 11.9. The normalized spacial score (nSPS) is 12.5. The van der Waals surface area contributed by atoms with Crippen molar-refractivity contribution in [2.24, 2.45) is 0 Å². The lowest BCUT2D eigenvalue weighted by Crippen LogP contribution is -2.01. The molecule has 3 aromatic rings. The van der Waals surface area contributed by atoms with E-state index in [4.69, 9.17) is 0 Å². The molecule has 1 N–H and O–H groups in total. The van der Waals surface area contributed by atoms with E-state index < -0.39 is 6.10 Å². The van der Waals surface area contributed by atoms with Crippen molar-refractivity contribution in [2.45, 2.75) is 12.5 Å². The molecule has 0 amide bonds. The van der Waals surface area contributed by atoms with Gasteiger partial charge in [0.1, 0.15) is 0 Å². The summed E-state index contributed by atoms with van der Waals surface area (Å²) in [6, 6.07) is 24.5. The van der Waals surface area contributed by atoms with Crippen LogP contribution in [0.15, 0.2) is 72.8 Å². The minimum Gasteiger partial charge on any atom is -0.388 e. The maximum absolute atomic E-state index is 10.2. The third kappa shape index (κ3) is 2.67. The summed E-state index contributed by atoms with van der Waals surface area (Å²) < 4.78 is 0. The van der Waals surface area contributed by atoms with Crippen LogP contribution in [-0.2, 0) is 6.42 Å². The number of aliphatic hydroxyl groups excluding tert-OH is 1. The van der Waals surface area contributed by atoms with Crippen molar-refractivity contribution in [3.8, 4) is 0 Å². The Bertz CT molecular complexity index is 673. The molecular weight excluding hydrogens is 232 g/mol. The van der Waals surface area contributed by atoms with Crippen LogP contribution in [0.25, 0.3) is 10.8 Å². The minimum atomic E-state index is -0.442. The predicted molar refractivity (Wildman–Crippen MR) is 79.1 cm³/mol. The minimum absolute atomic E-state index is 0.442. The van der Waals surface area contributed by atoms with Gasteiger partial charge >= 0.3 is 0 Å². The van der Waals surface area contributed by atoms with Gasteiger partial charge in [-0.05, 0) is 21.9 Å². The average molecular weight is 248 g/mol. The summed E-state index contributed by atoms with van der Waals surface area (Å²) in [6.07, 6.45) is 0.205. The van der Waals surface area contributed by atoms with Crippen molar-refractivity contribution in [1.82, 2.24) is 0 Å². The van der Waals surface area contributed by atoms with E-state index in [0.717, 1.165) is 11.1 Å². The average Bonchev–Trinajstić information content (AvgIpc) is 2.48. The molecule has 0 fully saturated rings. The molecule has 0 unspecified atom stereocenters. The lowest BCUT2D eigenvalue weighted by Gasteiger charge is -2.11. The summed E-state index contributed by atoms with van der Waals surface area (Å²) in [6.45, 7) is 0. The van der Waals surface area contributed by atoms with Crippen molar-refractivity contribution < 1.29 is 5.11 Å². The molecular formula is C18H16O. The van der Waals surface area contributed by atoms with Gasteiger partial charge in [-0.1, -0.05) is 72.8 Å². The van der Waals surface area contributed by atoms with Crippen LogP contribution in [0.1, 0.15) is 17.2 Å². The maximum Gasteiger partial charge on any atom is 0.0830 e. The molecule has 94 valence electrons. The van der Waals surface area contributed by atoms with E-state index in [1.165, 1.54) is 10.8 Å². The third-order valence-electron chi connectivity index (χ3n) is 3.43. The van der Waals surface area contributed by atoms with Gasteiger partial charge in [0.15, 0.2) is 0 Å². The highest BCUT2D eigenvalue weighted by atomic mass is 16.3. The zero-order valence-corrected chi connectivity index (χ0v) is 10.7. The highest BCUT2D eigenvalue weighted by Crippen LogP contribution is 2.21. The van der Waals surface area contributed by atoms with Crippen molar-refractivity contribution in [3.63, 3.8) is 0 Å². The van der Waals surface area contributed by atoms with Gasteiger partial charge in [-0.15, -0.1) is 0 Å². The molecule has 0 aliphatic heterocycles. The number of hydrogen-bond acceptors (Lipinski definition) is 1. The maximum atomic E-state index is 10.2. The lowest BCUT2D eigenvalue weighted by molar-refractivity contribution is 0.178. The number of rotatable bonds is 3. The Morgan fingerprint density at radius 2 is 1.42 bits per heavy atom. The first-order valence-corrected chi connectivity index (χ1v) is 6.53. The zero-order valence-electron chi connectivity index (χ0n) is 10.7. The van der Waals surface area contributed by atoms with Crippen LogP contribution in [0.5, 0.6) is 0 Å². The summed E-state index contributed by atoms with van der Waals surface area (Å²) in [5, 5.41) is 12.7. The standard InChI is InChI=1S/C18H16O/c19-18(16-7-2-1-3-8-16)13-14-10-11-15-6-4-5-9-17(15)12-14/h1-12,18-19H,13H2/t18-/m0/s1. The Kier molecular flexibility index (Phi) is 3.30. The number of fused-ring (bicyclic) bond motifs is 1. The predicted octanol–water partition coefficient (Wildman–Crippen LogP) is 4.12. The van der Waals surface area contributed by atoms with Crippen molar-refractivity contribution in [2.75, 3.05) is 0 Å². The van der Waals surface area contributed by atoms with Crippen LogP contribution < -0.4 is 0 Å². The van der Waals surface area contributed by atoms with Crippen molar-refractivity contribution >= 4 is 10.8 Å². The highest BCUT2D eigenvalue weighted by molar-refractivity contribution is 5.82. The molecule has 1 heteroatoms. The van der Waals surface area contributed by atoms with Gasteiger partial charge in [0.05, 0.1) is 6.10 Å². The fourth-order valence-corrected chi connectivity index (χ4v) is 2.38. The van der Waals surface area contributed by atoms with E-state index in [1.54, 1.807) is 0 Å². The van der Waals surface area contributed by atoms with Crippen LogP contribution in [0.3, 0.4) is 0 Å². The SMILES string of the molecule is O[C@@H](Cc1ccc2ccccc2c1)c1ccccc1. The second-order valence-corrected chi connectivity index (χ2v) is 4.81. The molecule has 1 nitrogen and oxygen atoms in total. The van der Waals surface area contributed by atoms with Gasteiger partial charge < -0.3 is 5.11 Å². The molecule has 0 heterocycles. The molecule has 1 atom stereocenters. The summed E-state index contributed by atoms with van der Waals surface area (Å²) in [4.78, 5) is 0. The molecule has 19 heavy (non-hydrogen) atoms. The number of hydrogen-bond donors (Lipinski definition) is 1. The third-order valence-corrected chi connectivity index (χ3v) is 3.43. The Morgan fingerprint density at radius 3 is 2.21 bits per heavy atom. The van der Waals surface area contributed by atoms with E-state index in [-0.39, 0.29) is 0 Å². The molecule has 3 rings (SSSR count). The van der Waals surface area contributed by atoms with E-state index in [1.807, 2.05) is 42.5 Å². The smallest absolute Gasteiger partial charge is 0.0830 e. The molecule has 0 radical (unpaired) electrons. The van der Waals surface area contributed by atoms with Crippen LogP contribution in [0.4, 0.5) is 0 Å². The van der Waals surface area contributed by atoms with Gasteiger partial charge in [0.2, 0.25) is 0 Å². The Hall–Kier alpha value is -2.12. The topological polar surface area (TPSA) is 20.2 Å². The number of aliphatic hydroxyl groups is 1.